The summed E-state index contributed by atoms with van der Waals surface area (Å²) in [5, 5.41) is 11.4. The van der Waals surface area contributed by atoms with E-state index in [0.29, 0.717) is 22.4 Å². The smallest absolute Gasteiger partial charge is 0.407 e. The highest BCUT2D eigenvalue weighted by Gasteiger charge is 2.21. The molecule has 0 fully saturated rings. The number of fused-ring (bicyclic) bond motifs is 1. The van der Waals surface area contributed by atoms with E-state index in [1.807, 2.05) is 40.9 Å². The van der Waals surface area contributed by atoms with Crippen LogP contribution in [0.3, 0.4) is 0 Å². The molecule has 0 aliphatic carbocycles. The summed E-state index contributed by atoms with van der Waals surface area (Å²) in [6.45, 7) is 7.35. The highest BCUT2D eigenvalue weighted by Crippen LogP contribution is 2.30. The molecular weight excluding hydrogens is 426 g/mol. The second kappa shape index (κ2) is 7.42. The van der Waals surface area contributed by atoms with Crippen LogP contribution in [-0.2, 0) is 18.2 Å². The molecule has 3 aromatic rings. The number of nitrogen functional groups attached to an aromatic ring is 1. The first kappa shape index (κ1) is 20.1. The average molecular weight is 450 g/mol. The first-order chi connectivity index (χ1) is 13.0. The van der Waals surface area contributed by atoms with Crippen LogP contribution in [0.5, 0.6) is 0 Å². The largest absolute Gasteiger partial charge is 0.444 e. The second-order valence-electron chi connectivity index (χ2n) is 7.71. The minimum atomic E-state index is -0.553. The van der Waals surface area contributed by atoms with Crippen molar-refractivity contribution in [1.82, 2.24) is 29.7 Å². The fourth-order valence-corrected chi connectivity index (χ4v) is 3.21. The van der Waals surface area contributed by atoms with Gasteiger partial charge in [-0.15, -0.1) is 0 Å². The second-order valence-corrected chi connectivity index (χ2v) is 8.50. The first-order valence-electron chi connectivity index (χ1n) is 8.85. The summed E-state index contributed by atoms with van der Waals surface area (Å²) in [4.78, 5) is 16.8. The summed E-state index contributed by atoms with van der Waals surface area (Å²) < 4.78 is 9.26. The van der Waals surface area contributed by atoms with Gasteiger partial charge >= 0.3 is 6.09 Å². The maximum Gasteiger partial charge on any atom is 0.407 e. The number of nitrogens with two attached hydrogens (primary N) is 1. The van der Waals surface area contributed by atoms with Gasteiger partial charge in [0.05, 0.1) is 22.6 Å². The number of amides is 1. The molecule has 1 atom stereocenters. The monoisotopic (exact) mass is 449 g/mol. The van der Waals surface area contributed by atoms with E-state index in [1.165, 1.54) is 0 Å². The Morgan fingerprint density at radius 3 is 2.68 bits per heavy atom. The molecule has 3 aromatic heterocycles. The highest BCUT2D eigenvalue weighted by molar-refractivity contribution is 9.10. The third-order valence-electron chi connectivity index (χ3n) is 3.97. The van der Waals surface area contributed by atoms with Gasteiger partial charge in [-0.05, 0) is 43.6 Å². The molecular formula is C18H24BrN7O2. The Hall–Kier alpha value is -2.62. The van der Waals surface area contributed by atoms with Crippen LogP contribution in [0.2, 0.25) is 0 Å². The molecule has 1 unspecified atom stereocenters. The number of carbonyl (C=O) groups excluding carboxylic acids is 1. The molecule has 0 spiro atoms. The lowest BCUT2D eigenvalue weighted by Crippen LogP contribution is -2.38. The molecule has 3 N–H and O–H groups in total. The number of nitrogens with zero attached hydrogens (tertiary/aromatic N) is 5. The van der Waals surface area contributed by atoms with Gasteiger partial charge in [0.15, 0.2) is 5.65 Å². The number of rotatable bonds is 4. The van der Waals surface area contributed by atoms with Crippen LogP contribution in [-0.4, -0.2) is 42.1 Å². The number of anilines is 1. The van der Waals surface area contributed by atoms with Crippen molar-refractivity contribution in [2.75, 3.05) is 5.73 Å². The van der Waals surface area contributed by atoms with Gasteiger partial charge in [0, 0.05) is 36.8 Å². The standard InChI is InChI=1S/C18H24BrN7O2/c1-10(23-17(27)28-18(2,3)4)6-13-14(19)15(20)26-16(24-13)12(8-22-26)11-7-21-25(5)9-11/h7-10H,6,20H2,1-5H3,(H,23,27). The van der Waals surface area contributed by atoms with Crippen LogP contribution >= 0.6 is 15.9 Å². The van der Waals surface area contributed by atoms with Crippen molar-refractivity contribution in [1.29, 1.82) is 0 Å². The maximum atomic E-state index is 12.0. The van der Waals surface area contributed by atoms with Gasteiger partial charge in [-0.25, -0.2) is 9.78 Å². The Morgan fingerprint density at radius 2 is 2.07 bits per heavy atom. The van der Waals surface area contributed by atoms with Gasteiger partial charge < -0.3 is 15.8 Å². The topological polar surface area (TPSA) is 112 Å². The number of aryl methyl sites for hydroxylation is 1. The summed E-state index contributed by atoms with van der Waals surface area (Å²) in [7, 11) is 1.85. The van der Waals surface area contributed by atoms with Crippen molar-refractivity contribution in [3.8, 4) is 11.1 Å². The first-order valence-corrected chi connectivity index (χ1v) is 9.64. The Labute approximate surface area is 171 Å². The van der Waals surface area contributed by atoms with Crippen molar-refractivity contribution < 1.29 is 9.53 Å². The molecule has 0 saturated carbocycles. The molecule has 0 bridgehead atoms. The average Bonchev–Trinajstić information content (AvgIpc) is 3.16. The maximum absolute atomic E-state index is 12.0. The lowest BCUT2D eigenvalue weighted by atomic mass is 10.1. The van der Waals surface area contributed by atoms with Crippen molar-refractivity contribution in [2.45, 2.75) is 45.8 Å². The van der Waals surface area contributed by atoms with E-state index in [4.69, 9.17) is 15.5 Å². The van der Waals surface area contributed by atoms with Crippen LogP contribution in [0.15, 0.2) is 23.1 Å². The molecule has 3 heterocycles. The van der Waals surface area contributed by atoms with E-state index >= 15 is 0 Å². The SMILES string of the molecule is CC(Cc1nc2c(-c3cnn(C)c3)cnn2c(N)c1Br)NC(=O)OC(C)(C)C. The lowest BCUT2D eigenvalue weighted by Gasteiger charge is -2.22. The number of halogens is 1. The molecule has 0 aliphatic heterocycles. The summed E-state index contributed by atoms with van der Waals surface area (Å²) in [6.07, 6.45) is 5.37. The number of nitrogens with one attached hydrogen (secondary N) is 1. The van der Waals surface area contributed by atoms with Gasteiger partial charge in [0.1, 0.15) is 11.4 Å². The number of hydrogen-bond donors (Lipinski definition) is 2. The quantitative estimate of drug-likeness (QED) is 0.632. The van der Waals surface area contributed by atoms with Gasteiger partial charge in [0.2, 0.25) is 0 Å². The van der Waals surface area contributed by atoms with Crippen molar-refractivity contribution in [3.63, 3.8) is 0 Å². The summed E-state index contributed by atoms with van der Waals surface area (Å²) in [5.41, 5.74) is 8.79. The zero-order valence-electron chi connectivity index (χ0n) is 16.5. The Bertz CT molecular complexity index is 1020. The molecule has 0 aliphatic rings. The van der Waals surface area contributed by atoms with Gasteiger partial charge in [-0.3, -0.25) is 4.68 Å². The van der Waals surface area contributed by atoms with Gasteiger partial charge in [-0.2, -0.15) is 14.7 Å². The molecule has 0 aromatic carbocycles. The van der Waals surface area contributed by atoms with Crippen LogP contribution < -0.4 is 11.1 Å². The zero-order chi connectivity index (χ0) is 20.6. The third kappa shape index (κ3) is 4.27. The summed E-state index contributed by atoms with van der Waals surface area (Å²) >= 11 is 3.51. The van der Waals surface area contributed by atoms with E-state index < -0.39 is 11.7 Å². The minimum Gasteiger partial charge on any atom is -0.444 e. The van der Waals surface area contributed by atoms with E-state index in [-0.39, 0.29) is 6.04 Å². The Morgan fingerprint density at radius 1 is 1.36 bits per heavy atom. The van der Waals surface area contributed by atoms with E-state index in [9.17, 15) is 4.79 Å². The molecule has 0 radical (unpaired) electrons. The van der Waals surface area contributed by atoms with E-state index in [0.717, 1.165) is 16.8 Å². The van der Waals surface area contributed by atoms with Crippen LogP contribution in [0.4, 0.5) is 10.6 Å². The highest BCUT2D eigenvalue weighted by atomic mass is 79.9. The number of carbonyl (C=O) groups is 1. The molecule has 28 heavy (non-hydrogen) atoms. The van der Waals surface area contributed by atoms with Crippen LogP contribution in [0.1, 0.15) is 33.4 Å². The number of ether oxygens (including phenoxy) is 1. The predicted molar refractivity (Wildman–Crippen MR) is 110 cm³/mol. The third-order valence-corrected chi connectivity index (χ3v) is 4.83. The van der Waals surface area contributed by atoms with Crippen molar-refractivity contribution >= 4 is 33.5 Å². The summed E-state index contributed by atoms with van der Waals surface area (Å²) in [6, 6.07) is -0.203. The number of alkyl carbamates (subject to hydrolysis) is 1. The van der Waals surface area contributed by atoms with E-state index in [1.54, 1.807) is 21.6 Å². The molecule has 150 valence electrons. The summed E-state index contributed by atoms with van der Waals surface area (Å²) in [5.74, 6) is 0.444. The number of aromatic nitrogens is 5. The van der Waals surface area contributed by atoms with Crippen LogP contribution in [0, 0.1) is 0 Å². The Kier molecular flexibility index (Phi) is 5.33. The van der Waals surface area contributed by atoms with Gasteiger partial charge in [-0.1, -0.05) is 0 Å². The number of hydrogen-bond acceptors (Lipinski definition) is 6. The fraction of sp³-hybridized carbons (Fsp3) is 0.444. The normalized spacial score (nSPS) is 12.9. The fourth-order valence-electron chi connectivity index (χ4n) is 2.79. The molecule has 0 saturated heterocycles. The van der Waals surface area contributed by atoms with Gasteiger partial charge in [0.25, 0.3) is 0 Å². The molecule has 3 rings (SSSR count). The van der Waals surface area contributed by atoms with Crippen molar-refractivity contribution in [3.05, 3.63) is 28.8 Å². The molecule has 9 nitrogen and oxygen atoms in total. The molecule has 10 heteroatoms. The van der Waals surface area contributed by atoms with E-state index in [2.05, 4.69) is 31.4 Å². The van der Waals surface area contributed by atoms with Crippen LogP contribution in [0.25, 0.3) is 16.8 Å². The lowest BCUT2D eigenvalue weighted by molar-refractivity contribution is 0.0508. The molecule has 1 amide bonds. The predicted octanol–water partition coefficient (Wildman–Crippen LogP) is 2.93. The zero-order valence-corrected chi connectivity index (χ0v) is 18.1. The Balaban J connectivity index is 1.89. The van der Waals surface area contributed by atoms with Crippen molar-refractivity contribution in [2.24, 2.45) is 7.05 Å². The minimum absolute atomic E-state index is 0.203.